The fourth-order valence-corrected chi connectivity index (χ4v) is 5.51. The Hall–Kier alpha value is -3.12. The van der Waals surface area contributed by atoms with Gasteiger partial charge in [-0.05, 0) is 37.8 Å². The van der Waals surface area contributed by atoms with Crippen molar-refractivity contribution in [2.45, 2.75) is 77.7 Å². The van der Waals surface area contributed by atoms with E-state index in [1.54, 1.807) is 58.9 Å². The number of hydrogen-bond acceptors (Lipinski definition) is 6. The topological polar surface area (TPSA) is 123 Å². The maximum atomic E-state index is 13.6. The van der Waals surface area contributed by atoms with Crippen LogP contribution in [-0.2, 0) is 16.1 Å². The Bertz CT molecular complexity index is 1150. The van der Waals surface area contributed by atoms with Gasteiger partial charge in [-0.2, -0.15) is 0 Å². The van der Waals surface area contributed by atoms with Crippen LogP contribution in [0.1, 0.15) is 58.7 Å². The number of nitrogens with zero attached hydrogens (tertiary/aromatic N) is 3. The minimum atomic E-state index is -2.68. The number of carbonyl (C=O) groups is 3. The van der Waals surface area contributed by atoms with Crippen molar-refractivity contribution in [3.63, 3.8) is 0 Å². The summed E-state index contributed by atoms with van der Waals surface area (Å²) in [6.45, 7) is 8.62. The number of hydrogen-bond donors (Lipinski definition) is 3. The predicted molar refractivity (Wildman–Crippen MR) is 139 cm³/mol. The highest BCUT2D eigenvalue weighted by Crippen LogP contribution is 2.34. The molecule has 0 aliphatic carbocycles. The number of halogens is 2. The molecule has 1 aromatic carbocycles. The molecular formula is C26H34F2N4O5S. The maximum absolute atomic E-state index is 13.6. The monoisotopic (exact) mass is 552 g/mol. The standard InChI is InChI=1S/C26H34F2N4O5S/c1-14(2)20(32(25(36)37)26(3,4)5)24(35)31-12-17(33)10-18(31)23(34)29-11-15-6-8-16(9-7-15)21-19(22(27)28)30-13-38-21/h6-9,13-14,17-18,20,22,33H,10-12H2,1-5H3,(H,29,34)(H,36,37)/t17-,18+,20+/m1/s1. The molecule has 0 spiro atoms. The molecule has 3 rings (SSSR count). The first kappa shape index (κ1) is 29.4. The Morgan fingerprint density at radius 3 is 2.37 bits per heavy atom. The van der Waals surface area contributed by atoms with E-state index in [0.29, 0.717) is 16.0 Å². The number of alkyl halides is 2. The van der Waals surface area contributed by atoms with Crippen LogP contribution in [-0.4, -0.2) is 73.2 Å². The Morgan fingerprint density at radius 1 is 1.21 bits per heavy atom. The van der Waals surface area contributed by atoms with Gasteiger partial charge < -0.3 is 20.4 Å². The molecule has 1 saturated heterocycles. The van der Waals surface area contributed by atoms with Gasteiger partial charge in [0.05, 0.1) is 16.5 Å². The second-order valence-corrected chi connectivity index (χ2v) is 11.5. The van der Waals surface area contributed by atoms with Crippen LogP contribution >= 0.6 is 11.3 Å². The second kappa shape index (κ2) is 11.7. The summed E-state index contributed by atoms with van der Waals surface area (Å²) in [4.78, 5) is 45.3. The number of carbonyl (C=O) groups excluding carboxylic acids is 2. The Kier molecular flexibility index (Phi) is 9.09. The molecule has 3 atom stereocenters. The van der Waals surface area contributed by atoms with E-state index >= 15 is 0 Å². The van der Waals surface area contributed by atoms with Crippen molar-refractivity contribution < 1.29 is 33.4 Å². The van der Waals surface area contributed by atoms with Crippen LogP contribution in [0.3, 0.4) is 0 Å². The normalized spacial score (nSPS) is 18.6. The van der Waals surface area contributed by atoms with E-state index in [-0.39, 0.29) is 31.1 Å². The Morgan fingerprint density at radius 2 is 1.84 bits per heavy atom. The van der Waals surface area contributed by atoms with Gasteiger partial charge in [0.15, 0.2) is 0 Å². The molecule has 2 heterocycles. The quantitative estimate of drug-likeness (QED) is 0.453. The van der Waals surface area contributed by atoms with Crippen molar-refractivity contribution in [3.8, 4) is 10.4 Å². The number of thiazole rings is 1. The molecule has 1 fully saturated rings. The van der Waals surface area contributed by atoms with Gasteiger partial charge in [-0.15, -0.1) is 11.3 Å². The number of benzene rings is 1. The van der Waals surface area contributed by atoms with Gasteiger partial charge in [-0.1, -0.05) is 38.1 Å². The van der Waals surface area contributed by atoms with Crippen LogP contribution in [0.2, 0.25) is 0 Å². The molecule has 2 aromatic rings. The van der Waals surface area contributed by atoms with E-state index < -0.39 is 48.1 Å². The average molecular weight is 553 g/mol. The van der Waals surface area contributed by atoms with Crippen LogP contribution in [0.25, 0.3) is 10.4 Å². The van der Waals surface area contributed by atoms with E-state index in [1.807, 2.05) is 0 Å². The summed E-state index contributed by atoms with van der Waals surface area (Å²) in [7, 11) is 0. The molecule has 3 amide bonds. The van der Waals surface area contributed by atoms with Crippen molar-refractivity contribution >= 4 is 29.2 Å². The van der Waals surface area contributed by atoms with Crippen molar-refractivity contribution in [3.05, 3.63) is 41.0 Å². The highest BCUT2D eigenvalue weighted by atomic mass is 32.1. The molecule has 3 N–H and O–H groups in total. The molecule has 38 heavy (non-hydrogen) atoms. The van der Waals surface area contributed by atoms with Gasteiger partial charge in [0.1, 0.15) is 17.8 Å². The number of aliphatic hydroxyl groups excluding tert-OH is 1. The summed E-state index contributed by atoms with van der Waals surface area (Å²) < 4.78 is 26.3. The van der Waals surface area contributed by atoms with E-state index in [2.05, 4.69) is 10.3 Å². The minimum absolute atomic E-state index is 0.0334. The van der Waals surface area contributed by atoms with Crippen LogP contribution < -0.4 is 5.32 Å². The van der Waals surface area contributed by atoms with Gasteiger partial charge >= 0.3 is 6.09 Å². The van der Waals surface area contributed by atoms with Crippen molar-refractivity contribution in [2.75, 3.05) is 6.54 Å². The number of rotatable bonds is 8. The third kappa shape index (κ3) is 6.47. The van der Waals surface area contributed by atoms with Crippen LogP contribution in [0, 0.1) is 5.92 Å². The maximum Gasteiger partial charge on any atom is 0.408 e. The fraction of sp³-hybridized carbons (Fsp3) is 0.538. The van der Waals surface area contributed by atoms with Crippen molar-refractivity contribution in [1.29, 1.82) is 0 Å². The molecule has 9 nitrogen and oxygen atoms in total. The van der Waals surface area contributed by atoms with Gasteiger partial charge in [0.2, 0.25) is 11.8 Å². The van der Waals surface area contributed by atoms with Crippen LogP contribution in [0.15, 0.2) is 29.8 Å². The summed E-state index contributed by atoms with van der Waals surface area (Å²) in [6.07, 6.45) is -4.80. The lowest BCUT2D eigenvalue weighted by atomic mass is 9.95. The van der Waals surface area contributed by atoms with Gasteiger partial charge in [0, 0.05) is 25.0 Å². The molecule has 1 aliphatic rings. The zero-order chi connectivity index (χ0) is 28.4. The van der Waals surface area contributed by atoms with Crippen molar-refractivity contribution in [2.24, 2.45) is 5.92 Å². The average Bonchev–Trinajstić information content (AvgIpc) is 3.46. The number of aliphatic hydroxyl groups is 1. The lowest BCUT2D eigenvalue weighted by Gasteiger charge is -2.42. The molecule has 0 unspecified atom stereocenters. The number of β-amino-alcohol motifs (C(OH)–C–C–N with tert-alkyl or cyclic N) is 1. The largest absolute Gasteiger partial charge is 0.465 e. The number of carboxylic acid groups (broad SMARTS) is 1. The minimum Gasteiger partial charge on any atom is -0.465 e. The molecule has 1 aliphatic heterocycles. The molecule has 208 valence electrons. The summed E-state index contributed by atoms with van der Waals surface area (Å²) in [6, 6.07) is 4.77. The Labute approximate surface area is 224 Å². The van der Waals surface area contributed by atoms with E-state index in [1.165, 1.54) is 10.4 Å². The van der Waals surface area contributed by atoms with Gasteiger partial charge in [-0.3, -0.25) is 14.5 Å². The first-order chi connectivity index (χ1) is 17.7. The highest BCUT2D eigenvalue weighted by Gasteiger charge is 2.46. The Balaban J connectivity index is 1.73. The molecule has 12 heteroatoms. The van der Waals surface area contributed by atoms with Crippen molar-refractivity contribution in [1.82, 2.24) is 20.1 Å². The molecule has 0 saturated carbocycles. The van der Waals surface area contributed by atoms with Crippen LogP contribution in [0.5, 0.6) is 0 Å². The number of likely N-dealkylation sites (tertiary alicyclic amines) is 1. The summed E-state index contributed by atoms with van der Waals surface area (Å²) >= 11 is 1.12. The first-order valence-corrected chi connectivity index (χ1v) is 13.2. The van der Waals surface area contributed by atoms with E-state index in [9.17, 15) is 33.4 Å². The number of aromatic nitrogens is 1. The SMILES string of the molecule is CC(C)[C@@H](C(=O)N1C[C@H](O)C[C@H]1C(=O)NCc1ccc(-c2scnc2C(F)F)cc1)N(C(=O)O)C(C)(C)C. The second-order valence-electron chi connectivity index (χ2n) is 10.7. The fourth-order valence-electron chi connectivity index (χ4n) is 4.70. The molecule has 0 radical (unpaired) electrons. The summed E-state index contributed by atoms with van der Waals surface area (Å²) in [5.41, 5.74) is 1.54. The van der Waals surface area contributed by atoms with E-state index in [0.717, 1.165) is 16.2 Å². The smallest absolute Gasteiger partial charge is 0.408 e. The predicted octanol–water partition coefficient (Wildman–Crippen LogP) is 4.13. The van der Waals surface area contributed by atoms with E-state index in [4.69, 9.17) is 0 Å². The number of amides is 3. The van der Waals surface area contributed by atoms with Gasteiger partial charge in [0.25, 0.3) is 6.43 Å². The first-order valence-electron chi connectivity index (χ1n) is 12.3. The zero-order valence-corrected chi connectivity index (χ0v) is 22.8. The molecular weight excluding hydrogens is 518 g/mol. The third-order valence-electron chi connectivity index (χ3n) is 6.44. The number of nitrogens with one attached hydrogen (secondary N) is 1. The highest BCUT2D eigenvalue weighted by molar-refractivity contribution is 7.13. The van der Waals surface area contributed by atoms with Crippen LogP contribution in [0.4, 0.5) is 13.6 Å². The summed E-state index contributed by atoms with van der Waals surface area (Å²) in [5.74, 6) is -1.37. The molecule has 0 bridgehead atoms. The zero-order valence-electron chi connectivity index (χ0n) is 22.0. The lowest BCUT2D eigenvalue weighted by Crippen LogP contribution is -2.61. The van der Waals surface area contributed by atoms with Gasteiger partial charge in [-0.25, -0.2) is 18.6 Å². The third-order valence-corrected chi connectivity index (χ3v) is 7.33. The molecule has 1 aromatic heterocycles. The summed E-state index contributed by atoms with van der Waals surface area (Å²) in [5, 5.41) is 22.9. The lowest BCUT2D eigenvalue weighted by molar-refractivity contribution is -0.145.